The summed E-state index contributed by atoms with van der Waals surface area (Å²) in [7, 11) is 0. The van der Waals surface area contributed by atoms with Gasteiger partial charge in [-0.05, 0) is 18.4 Å². The maximum Gasteiger partial charge on any atom is 0.413 e. The quantitative estimate of drug-likeness (QED) is 0.608. The van der Waals surface area contributed by atoms with Crippen molar-refractivity contribution in [3.8, 4) is 0 Å². The molecular formula is C21H25N5O5. The van der Waals surface area contributed by atoms with Crippen LogP contribution in [-0.4, -0.2) is 37.3 Å². The van der Waals surface area contributed by atoms with Gasteiger partial charge in [0.2, 0.25) is 5.91 Å². The molecule has 0 saturated carbocycles. The van der Waals surface area contributed by atoms with Gasteiger partial charge < -0.3 is 9.30 Å². The molecule has 0 aliphatic heterocycles. The molecular weight excluding hydrogens is 402 g/mol. The smallest absolute Gasteiger partial charge is 0.413 e. The minimum atomic E-state index is -0.934. The maximum atomic E-state index is 13.2. The number of imidazole rings is 1. The molecule has 3 aromatic rings. The molecule has 0 spiro atoms. The number of alkyl carbamates (subject to hydrolysis) is 1. The lowest BCUT2D eigenvalue weighted by atomic mass is 10.2. The van der Waals surface area contributed by atoms with Crippen LogP contribution in [0.2, 0.25) is 0 Å². The van der Waals surface area contributed by atoms with E-state index >= 15 is 0 Å². The zero-order valence-electron chi connectivity index (χ0n) is 17.7. The Morgan fingerprint density at radius 3 is 2.48 bits per heavy atom. The topological polar surface area (TPSA) is 117 Å². The van der Waals surface area contributed by atoms with E-state index in [4.69, 9.17) is 0 Å². The first-order valence-electron chi connectivity index (χ1n) is 10.0. The molecule has 31 heavy (non-hydrogen) atoms. The third-order valence-corrected chi connectivity index (χ3v) is 4.55. The Labute approximate surface area is 178 Å². The van der Waals surface area contributed by atoms with Crippen molar-refractivity contribution >= 4 is 23.2 Å². The highest BCUT2D eigenvalue weighted by atomic mass is 16.5. The second-order valence-electron chi connectivity index (χ2n) is 7.48. The molecule has 10 heteroatoms. The number of imide groups is 1. The molecule has 1 N–H and O–H groups in total. The molecule has 0 atom stereocenters. The average molecular weight is 427 g/mol. The molecule has 2 amide bonds. The molecule has 0 saturated heterocycles. The number of carbonyl (C=O) groups excluding carboxylic acids is 2. The lowest BCUT2D eigenvalue weighted by Crippen LogP contribution is -2.45. The van der Waals surface area contributed by atoms with Gasteiger partial charge in [0.1, 0.15) is 6.54 Å². The van der Waals surface area contributed by atoms with E-state index in [1.807, 2.05) is 49.5 Å². The number of ether oxygens (including phenoxy) is 1. The Bertz CT molecular complexity index is 1210. The van der Waals surface area contributed by atoms with Gasteiger partial charge in [-0.15, -0.1) is 0 Å². The molecule has 0 unspecified atom stereocenters. The van der Waals surface area contributed by atoms with Crippen molar-refractivity contribution in [1.82, 2.24) is 24.0 Å². The number of rotatable bonds is 7. The molecule has 0 radical (unpaired) electrons. The van der Waals surface area contributed by atoms with Crippen LogP contribution in [0.3, 0.4) is 0 Å². The van der Waals surface area contributed by atoms with E-state index in [9.17, 15) is 19.2 Å². The first-order chi connectivity index (χ1) is 14.8. The van der Waals surface area contributed by atoms with Gasteiger partial charge in [-0.1, -0.05) is 44.2 Å². The Morgan fingerprint density at radius 2 is 1.84 bits per heavy atom. The normalized spacial score (nSPS) is 11.1. The Morgan fingerprint density at radius 1 is 1.13 bits per heavy atom. The van der Waals surface area contributed by atoms with E-state index < -0.39 is 29.8 Å². The zero-order valence-corrected chi connectivity index (χ0v) is 17.7. The van der Waals surface area contributed by atoms with Crippen molar-refractivity contribution in [1.29, 1.82) is 0 Å². The van der Waals surface area contributed by atoms with E-state index in [0.29, 0.717) is 6.54 Å². The summed E-state index contributed by atoms with van der Waals surface area (Å²) in [6.07, 6.45) is 0.590. The number of nitrogens with one attached hydrogen (secondary N) is 1. The molecule has 0 aliphatic rings. The molecule has 164 valence electrons. The number of aromatic nitrogens is 4. The lowest BCUT2D eigenvalue weighted by molar-refractivity contribution is -0.121. The molecule has 3 rings (SSSR count). The summed E-state index contributed by atoms with van der Waals surface area (Å²) in [6.45, 7) is 5.76. The zero-order chi connectivity index (χ0) is 22.5. The molecule has 2 aromatic heterocycles. The van der Waals surface area contributed by atoms with Crippen LogP contribution in [0.1, 0.15) is 26.3 Å². The number of carbonyl (C=O) groups is 2. The molecule has 0 fully saturated rings. The van der Waals surface area contributed by atoms with Gasteiger partial charge in [-0.2, -0.15) is 0 Å². The minimum Gasteiger partial charge on any atom is -0.450 e. The predicted molar refractivity (Wildman–Crippen MR) is 114 cm³/mol. The maximum absolute atomic E-state index is 13.2. The fourth-order valence-corrected chi connectivity index (χ4v) is 3.28. The van der Waals surface area contributed by atoms with Gasteiger partial charge in [0, 0.05) is 6.54 Å². The van der Waals surface area contributed by atoms with Crippen molar-refractivity contribution in [2.75, 3.05) is 6.61 Å². The van der Waals surface area contributed by atoms with Crippen LogP contribution in [-0.2, 0) is 29.2 Å². The van der Waals surface area contributed by atoms with Crippen LogP contribution >= 0.6 is 0 Å². The largest absolute Gasteiger partial charge is 0.450 e. The summed E-state index contributed by atoms with van der Waals surface area (Å²) >= 11 is 0. The summed E-state index contributed by atoms with van der Waals surface area (Å²) in [5, 5.41) is 2.01. The van der Waals surface area contributed by atoms with Gasteiger partial charge in [0.05, 0.1) is 19.5 Å². The van der Waals surface area contributed by atoms with Crippen LogP contribution in [0.4, 0.5) is 4.79 Å². The predicted octanol–water partition coefficient (Wildman–Crippen LogP) is 1.34. The Balaban J connectivity index is 2.12. The van der Waals surface area contributed by atoms with Crippen LogP contribution in [0.5, 0.6) is 0 Å². The van der Waals surface area contributed by atoms with E-state index in [2.05, 4.69) is 9.72 Å². The Hall–Kier alpha value is -3.69. The van der Waals surface area contributed by atoms with E-state index in [-0.39, 0.29) is 30.2 Å². The second kappa shape index (κ2) is 9.41. The molecule has 1 aromatic carbocycles. The number of fused-ring (bicyclic) bond motifs is 1. The number of amides is 2. The van der Waals surface area contributed by atoms with E-state index in [0.717, 1.165) is 10.1 Å². The number of benzene rings is 1. The van der Waals surface area contributed by atoms with Crippen LogP contribution in [0.25, 0.3) is 11.2 Å². The third-order valence-electron chi connectivity index (χ3n) is 4.55. The van der Waals surface area contributed by atoms with E-state index in [1.54, 1.807) is 11.5 Å². The number of hydrogen-bond acceptors (Lipinski definition) is 6. The Kier molecular flexibility index (Phi) is 6.68. The summed E-state index contributed by atoms with van der Waals surface area (Å²) in [5.41, 5.74) is -0.00293. The third kappa shape index (κ3) is 4.90. The van der Waals surface area contributed by atoms with Crippen LogP contribution in [0, 0.1) is 5.92 Å². The highest BCUT2D eigenvalue weighted by Gasteiger charge is 2.21. The van der Waals surface area contributed by atoms with Crippen LogP contribution in [0.15, 0.2) is 46.2 Å². The monoisotopic (exact) mass is 427 g/mol. The molecule has 0 bridgehead atoms. The SMILES string of the molecule is CCOC(=O)NC(=O)Cn1c(=O)c2c(ncn2CC(C)C)n(Cc2ccccc2)c1=O. The molecule has 0 aliphatic carbocycles. The van der Waals surface area contributed by atoms with Gasteiger partial charge >= 0.3 is 11.8 Å². The van der Waals surface area contributed by atoms with Gasteiger partial charge in [-0.25, -0.2) is 19.1 Å². The number of nitrogens with zero attached hydrogens (tertiary/aromatic N) is 4. The van der Waals surface area contributed by atoms with Gasteiger partial charge in [0.15, 0.2) is 11.2 Å². The first-order valence-corrected chi connectivity index (χ1v) is 10.0. The highest BCUT2D eigenvalue weighted by Crippen LogP contribution is 2.11. The summed E-state index contributed by atoms with van der Waals surface area (Å²) in [5.74, 6) is -0.593. The van der Waals surface area contributed by atoms with Crippen molar-refractivity contribution in [2.24, 2.45) is 5.92 Å². The van der Waals surface area contributed by atoms with E-state index in [1.165, 1.54) is 10.9 Å². The molecule has 2 heterocycles. The highest BCUT2D eigenvalue weighted by molar-refractivity contribution is 5.91. The first kappa shape index (κ1) is 22.0. The minimum absolute atomic E-state index is 0.0866. The van der Waals surface area contributed by atoms with Crippen molar-refractivity contribution in [3.63, 3.8) is 0 Å². The average Bonchev–Trinajstić information content (AvgIpc) is 3.12. The fraction of sp³-hybridized carbons (Fsp3) is 0.381. The summed E-state index contributed by atoms with van der Waals surface area (Å²) < 4.78 is 8.54. The van der Waals surface area contributed by atoms with Crippen molar-refractivity contribution in [2.45, 2.75) is 40.4 Å². The van der Waals surface area contributed by atoms with Crippen molar-refractivity contribution < 1.29 is 14.3 Å². The lowest BCUT2D eigenvalue weighted by Gasteiger charge is -2.13. The standard InChI is InChI=1S/C21H25N5O5/c1-4-31-20(29)23-16(27)12-26-19(28)17-18(22-13-24(17)10-14(2)3)25(21(26)30)11-15-8-6-5-7-9-15/h5-9,13-14H,4,10-12H2,1-3H3,(H,23,27,29). The summed E-state index contributed by atoms with van der Waals surface area (Å²) in [6, 6.07) is 9.26. The molecule has 10 nitrogen and oxygen atoms in total. The number of hydrogen-bond donors (Lipinski definition) is 1. The second-order valence-corrected chi connectivity index (χ2v) is 7.48. The van der Waals surface area contributed by atoms with Crippen LogP contribution < -0.4 is 16.6 Å². The fourth-order valence-electron chi connectivity index (χ4n) is 3.28. The van der Waals surface area contributed by atoms with Crippen molar-refractivity contribution in [3.05, 3.63) is 63.1 Å². The van der Waals surface area contributed by atoms with Gasteiger partial charge in [-0.3, -0.25) is 19.5 Å². The van der Waals surface area contributed by atoms with Gasteiger partial charge in [0.25, 0.3) is 5.56 Å². The summed E-state index contributed by atoms with van der Waals surface area (Å²) in [4.78, 5) is 54.4.